The van der Waals surface area contributed by atoms with E-state index in [1.165, 1.54) is 0 Å². The Bertz CT molecular complexity index is 748. The van der Waals surface area contributed by atoms with Crippen LogP contribution in [0.25, 0.3) is 5.52 Å². The van der Waals surface area contributed by atoms with E-state index in [0.717, 1.165) is 0 Å². The van der Waals surface area contributed by atoms with Crippen LogP contribution in [0.4, 0.5) is 4.79 Å². The summed E-state index contributed by atoms with van der Waals surface area (Å²) in [6.45, 7) is 9.05. The average molecular weight is 300 g/mol. The third kappa shape index (κ3) is 3.19. The largest absolute Gasteiger partial charge is 0.444 e. The first-order valence-electron chi connectivity index (χ1n) is 7.03. The smallest absolute Gasteiger partial charge is 0.408 e. The predicted octanol–water partition coefficient (Wildman–Crippen LogP) is 2.97. The van der Waals surface area contributed by atoms with Crippen LogP contribution in [0.15, 0.2) is 24.4 Å². The van der Waals surface area contributed by atoms with Gasteiger partial charge >= 0.3 is 6.09 Å². The minimum absolute atomic E-state index is 0.328. The van der Waals surface area contributed by atoms with E-state index < -0.39 is 17.2 Å². The molecule has 2 aromatic heterocycles. The van der Waals surface area contributed by atoms with Gasteiger partial charge in [0, 0.05) is 6.20 Å². The zero-order chi connectivity index (χ0) is 16.5. The number of pyridine rings is 1. The summed E-state index contributed by atoms with van der Waals surface area (Å²) in [6, 6.07) is 7.59. The molecular weight excluding hydrogens is 280 g/mol. The molecule has 0 aliphatic heterocycles. The van der Waals surface area contributed by atoms with Crippen LogP contribution >= 0.6 is 0 Å². The van der Waals surface area contributed by atoms with Gasteiger partial charge in [0.1, 0.15) is 17.5 Å². The Balaban J connectivity index is 2.38. The van der Waals surface area contributed by atoms with Gasteiger partial charge in [0.05, 0.1) is 11.1 Å². The highest BCUT2D eigenvalue weighted by Gasteiger charge is 2.31. The van der Waals surface area contributed by atoms with Gasteiger partial charge < -0.3 is 14.5 Å². The number of rotatable bonds is 2. The van der Waals surface area contributed by atoms with Crippen LogP contribution in [-0.2, 0) is 10.3 Å². The van der Waals surface area contributed by atoms with Crippen LogP contribution in [0.2, 0.25) is 0 Å². The van der Waals surface area contributed by atoms with Crippen molar-refractivity contribution in [2.45, 2.75) is 45.8 Å². The quantitative estimate of drug-likeness (QED) is 0.924. The summed E-state index contributed by atoms with van der Waals surface area (Å²) in [5.41, 5.74) is -0.331. The maximum atomic E-state index is 12.0. The minimum atomic E-state index is -0.790. The molecule has 6 nitrogen and oxygen atoms in total. The zero-order valence-electron chi connectivity index (χ0n) is 13.5. The van der Waals surface area contributed by atoms with E-state index in [1.54, 1.807) is 25.2 Å². The van der Waals surface area contributed by atoms with Crippen molar-refractivity contribution in [1.29, 1.82) is 5.26 Å². The average Bonchev–Trinajstić information content (AvgIpc) is 2.75. The molecule has 0 aliphatic carbocycles. The van der Waals surface area contributed by atoms with Crippen molar-refractivity contribution in [1.82, 2.24) is 14.7 Å². The van der Waals surface area contributed by atoms with Gasteiger partial charge in [0.15, 0.2) is 5.69 Å². The van der Waals surface area contributed by atoms with Crippen LogP contribution in [0, 0.1) is 11.3 Å². The third-order valence-corrected chi connectivity index (χ3v) is 3.03. The summed E-state index contributed by atoms with van der Waals surface area (Å²) >= 11 is 0. The fourth-order valence-corrected chi connectivity index (χ4v) is 2.18. The third-order valence-electron chi connectivity index (χ3n) is 3.03. The van der Waals surface area contributed by atoms with Crippen LogP contribution in [-0.4, -0.2) is 21.1 Å². The molecule has 1 amide bonds. The number of aromatic nitrogens is 2. The lowest BCUT2D eigenvalue weighted by Gasteiger charge is -2.27. The molecule has 0 aliphatic rings. The lowest BCUT2D eigenvalue weighted by molar-refractivity contribution is 0.0466. The van der Waals surface area contributed by atoms with E-state index in [-0.39, 0.29) is 0 Å². The van der Waals surface area contributed by atoms with Gasteiger partial charge in [-0.05, 0) is 46.8 Å². The fraction of sp³-hybridized carbons (Fsp3) is 0.438. The molecule has 0 fully saturated rings. The number of nitriles is 1. The van der Waals surface area contributed by atoms with Gasteiger partial charge in [-0.3, -0.25) is 0 Å². The Morgan fingerprint density at radius 1 is 1.32 bits per heavy atom. The monoisotopic (exact) mass is 300 g/mol. The highest BCUT2D eigenvalue weighted by molar-refractivity contribution is 5.69. The molecule has 0 unspecified atom stereocenters. The molecule has 0 saturated heterocycles. The number of alkyl carbamates (subject to hydrolysis) is 1. The number of hydrogen-bond acceptors (Lipinski definition) is 4. The minimum Gasteiger partial charge on any atom is -0.444 e. The number of carbonyl (C=O) groups is 1. The first-order chi connectivity index (χ1) is 10.1. The first kappa shape index (κ1) is 15.8. The van der Waals surface area contributed by atoms with Crippen molar-refractivity contribution in [2.75, 3.05) is 0 Å². The molecule has 0 atom stereocenters. The summed E-state index contributed by atoms with van der Waals surface area (Å²) in [5, 5.41) is 12.0. The normalized spacial score (nSPS) is 12.0. The number of nitrogens with zero attached hydrogens (tertiary/aromatic N) is 3. The second-order valence-electron chi connectivity index (χ2n) is 6.60. The lowest BCUT2D eigenvalue weighted by atomic mass is 10.1. The highest BCUT2D eigenvalue weighted by atomic mass is 16.6. The Morgan fingerprint density at radius 2 is 2.00 bits per heavy atom. The molecular formula is C16H20N4O2. The Labute approximate surface area is 129 Å². The topological polar surface area (TPSA) is 79.4 Å². The van der Waals surface area contributed by atoms with E-state index in [9.17, 15) is 10.1 Å². The van der Waals surface area contributed by atoms with Gasteiger partial charge in [0.25, 0.3) is 0 Å². The number of hydrogen-bond donors (Lipinski definition) is 1. The summed E-state index contributed by atoms with van der Waals surface area (Å²) in [5.74, 6) is 0.575. The van der Waals surface area contributed by atoms with E-state index in [4.69, 9.17) is 4.74 Å². The molecule has 0 spiro atoms. The van der Waals surface area contributed by atoms with Gasteiger partial charge in [-0.15, -0.1) is 0 Å². The molecule has 0 bridgehead atoms. The standard InChI is InChI=1S/C16H20N4O2/c1-15(2,3)22-14(21)19-16(4,5)13-18-11(10-17)12-8-6-7-9-20(12)13/h6-9H,1-5H3,(H,19,21). The van der Waals surface area contributed by atoms with Crippen LogP contribution in [0.1, 0.15) is 46.1 Å². The molecule has 2 heterocycles. The van der Waals surface area contributed by atoms with E-state index in [1.807, 2.05) is 38.2 Å². The number of nitrogens with one attached hydrogen (secondary N) is 1. The summed E-state index contributed by atoms with van der Waals surface area (Å²) in [6.07, 6.45) is 1.29. The maximum absolute atomic E-state index is 12.0. The van der Waals surface area contributed by atoms with E-state index >= 15 is 0 Å². The molecule has 22 heavy (non-hydrogen) atoms. The lowest BCUT2D eigenvalue weighted by Crippen LogP contribution is -2.44. The molecule has 116 valence electrons. The number of fused-ring (bicyclic) bond motifs is 1. The predicted molar refractivity (Wildman–Crippen MR) is 82.3 cm³/mol. The number of amides is 1. The van der Waals surface area contributed by atoms with Crippen LogP contribution in [0.3, 0.4) is 0 Å². The van der Waals surface area contributed by atoms with Crippen molar-refractivity contribution in [2.24, 2.45) is 0 Å². The second-order valence-corrected chi connectivity index (χ2v) is 6.60. The fourth-order valence-electron chi connectivity index (χ4n) is 2.18. The number of imidazole rings is 1. The molecule has 6 heteroatoms. The molecule has 2 rings (SSSR count). The number of ether oxygens (including phenoxy) is 1. The van der Waals surface area contributed by atoms with Crippen molar-refractivity contribution in [3.05, 3.63) is 35.9 Å². The van der Waals surface area contributed by atoms with Gasteiger partial charge in [0.2, 0.25) is 0 Å². The van der Waals surface area contributed by atoms with Crippen molar-refractivity contribution in [3.8, 4) is 6.07 Å². The SMILES string of the molecule is CC(C)(C)OC(=O)NC(C)(C)c1nc(C#N)c2ccccn12. The second kappa shape index (κ2) is 5.34. The van der Waals surface area contributed by atoms with Gasteiger partial charge in [-0.25, -0.2) is 9.78 Å². The molecule has 0 radical (unpaired) electrons. The Morgan fingerprint density at radius 3 is 2.59 bits per heavy atom. The first-order valence-corrected chi connectivity index (χ1v) is 7.03. The van der Waals surface area contributed by atoms with Crippen LogP contribution in [0.5, 0.6) is 0 Å². The summed E-state index contributed by atoms with van der Waals surface area (Å²) in [4.78, 5) is 16.4. The summed E-state index contributed by atoms with van der Waals surface area (Å²) in [7, 11) is 0. The molecule has 0 aromatic carbocycles. The number of carbonyl (C=O) groups excluding carboxylic acids is 1. The van der Waals surface area contributed by atoms with E-state index in [0.29, 0.717) is 17.0 Å². The van der Waals surface area contributed by atoms with Crippen LogP contribution < -0.4 is 5.32 Å². The highest BCUT2D eigenvalue weighted by Crippen LogP contribution is 2.23. The molecule has 0 saturated carbocycles. The maximum Gasteiger partial charge on any atom is 0.408 e. The van der Waals surface area contributed by atoms with Gasteiger partial charge in [-0.2, -0.15) is 5.26 Å². The molecule has 2 aromatic rings. The zero-order valence-corrected chi connectivity index (χ0v) is 13.5. The molecule has 1 N–H and O–H groups in total. The summed E-state index contributed by atoms with van der Waals surface area (Å²) < 4.78 is 7.09. The van der Waals surface area contributed by atoms with Gasteiger partial charge in [-0.1, -0.05) is 6.07 Å². The van der Waals surface area contributed by atoms with Crippen molar-refractivity contribution >= 4 is 11.6 Å². The Hall–Kier alpha value is -2.55. The van der Waals surface area contributed by atoms with Crippen molar-refractivity contribution < 1.29 is 9.53 Å². The Kier molecular flexibility index (Phi) is 3.84. The van der Waals surface area contributed by atoms with Crippen molar-refractivity contribution in [3.63, 3.8) is 0 Å². The van der Waals surface area contributed by atoms with E-state index in [2.05, 4.69) is 16.4 Å².